The molecule has 0 aliphatic rings. The summed E-state index contributed by atoms with van der Waals surface area (Å²) in [6, 6.07) is 8.42. The van der Waals surface area contributed by atoms with Crippen LogP contribution in [-0.4, -0.2) is 0 Å². The van der Waals surface area contributed by atoms with E-state index in [0.717, 1.165) is 11.6 Å². The Bertz CT molecular complexity index is 404. The van der Waals surface area contributed by atoms with Gasteiger partial charge in [-0.1, -0.05) is 97.6 Å². The molecule has 1 aromatic rings. The third-order valence-electron chi connectivity index (χ3n) is 5.39. The Morgan fingerprint density at radius 2 is 1.39 bits per heavy atom. The Balaban J connectivity index is 2.07. The van der Waals surface area contributed by atoms with Gasteiger partial charge in [0.25, 0.3) is 0 Å². The Morgan fingerprint density at radius 1 is 0.870 bits per heavy atom. The van der Waals surface area contributed by atoms with E-state index in [1.54, 1.807) is 0 Å². The van der Waals surface area contributed by atoms with E-state index < -0.39 is 0 Å². The number of anilines is 1. The Hall–Kier alpha value is -0.980. The summed E-state index contributed by atoms with van der Waals surface area (Å²) in [5.41, 5.74) is 8.32. The van der Waals surface area contributed by atoms with Crippen LogP contribution in [0.1, 0.15) is 97.5 Å². The molecule has 0 aromatic heterocycles. The number of benzene rings is 1. The van der Waals surface area contributed by atoms with E-state index in [1.807, 2.05) is 12.1 Å². The maximum Gasteiger partial charge on any atom is 0.0314 e. The average molecular weight is 318 g/mol. The van der Waals surface area contributed by atoms with Crippen LogP contribution >= 0.6 is 0 Å². The monoisotopic (exact) mass is 317 g/mol. The molecule has 0 aliphatic heterocycles. The van der Waals surface area contributed by atoms with Crippen molar-refractivity contribution < 1.29 is 0 Å². The fourth-order valence-corrected chi connectivity index (χ4v) is 3.23. The minimum Gasteiger partial charge on any atom is -0.399 e. The topological polar surface area (TPSA) is 26.0 Å². The summed E-state index contributed by atoms with van der Waals surface area (Å²) in [6.07, 6.45) is 13.9. The smallest absolute Gasteiger partial charge is 0.0314 e. The molecule has 1 atom stereocenters. The molecule has 0 fully saturated rings. The van der Waals surface area contributed by atoms with Gasteiger partial charge in [0.05, 0.1) is 0 Å². The standard InChI is InChI=1S/C22H39N/c1-5-19(2)13-11-9-7-6-8-10-12-18-22(3,4)20-14-16-21(23)17-15-20/h14-17,19H,5-13,18,23H2,1-4H3. The van der Waals surface area contributed by atoms with Gasteiger partial charge in [-0.05, 0) is 35.4 Å². The van der Waals surface area contributed by atoms with E-state index in [-0.39, 0.29) is 5.41 Å². The van der Waals surface area contributed by atoms with Crippen molar-refractivity contribution in [3.8, 4) is 0 Å². The highest BCUT2D eigenvalue weighted by molar-refractivity contribution is 5.41. The van der Waals surface area contributed by atoms with E-state index >= 15 is 0 Å². The number of nitrogen functional groups attached to an aromatic ring is 1. The summed E-state index contributed by atoms with van der Waals surface area (Å²) < 4.78 is 0. The van der Waals surface area contributed by atoms with Crippen molar-refractivity contribution in [2.45, 2.75) is 97.3 Å². The number of rotatable bonds is 12. The zero-order valence-electron chi connectivity index (χ0n) is 16.0. The lowest BCUT2D eigenvalue weighted by atomic mass is 9.80. The summed E-state index contributed by atoms with van der Waals surface area (Å²) in [7, 11) is 0. The van der Waals surface area contributed by atoms with Gasteiger partial charge < -0.3 is 5.73 Å². The second-order valence-electron chi connectivity index (χ2n) is 8.03. The SMILES string of the molecule is CCC(C)CCCCCCCCCC(C)(C)c1ccc(N)cc1. The Morgan fingerprint density at radius 3 is 1.96 bits per heavy atom. The molecule has 132 valence electrons. The molecule has 2 N–H and O–H groups in total. The zero-order valence-corrected chi connectivity index (χ0v) is 16.0. The van der Waals surface area contributed by atoms with Crippen molar-refractivity contribution >= 4 is 5.69 Å². The maximum atomic E-state index is 5.78. The lowest BCUT2D eigenvalue weighted by molar-refractivity contribution is 0.437. The number of nitrogens with two attached hydrogens (primary N) is 1. The molecule has 0 aliphatic carbocycles. The van der Waals surface area contributed by atoms with Crippen molar-refractivity contribution in [2.75, 3.05) is 5.73 Å². The first kappa shape index (κ1) is 20.1. The first-order chi connectivity index (χ1) is 11.0. The highest BCUT2D eigenvalue weighted by atomic mass is 14.5. The molecule has 0 radical (unpaired) electrons. The zero-order chi connectivity index (χ0) is 17.1. The van der Waals surface area contributed by atoms with Gasteiger partial charge in [0.2, 0.25) is 0 Å². The van der Waals surface area contributed by atoms with Crippen LogP contribution in [0.4, 0.5) is 5.69 Å². The number of hydrogen-bond donors (Lipinski definition) is 1. The maximum absolute atomic E-state index is 5.78. The van der Waals surface area contributed by atoms with Crippen molar-refractivity contribution in [1.29, 1.82) is 0 Å². The van der Waals surface area contributed by atoms with Gasteiger partial charge in [-0.2, -0.15) is 0 Å². The van der Waals surface area contributed by atoms with Crippen molar-refractivity contribution in [1.82, 2.24) is 0 Å². The molecule has 0 bridgehead atoms. The van der Waals surface area contributed by atoms with Crippen molar-refractivity contribution in [2.24, 2.45) is 5.92 Å². The first-order valence-corrected chi connectivity index (χ1v) is 9.81. The van der Waals surface area contributed by atoms with E-state index in [2.05, 4.69) is 39.8 Å². The van der Waals surface area contributed by atoms with Crippen LogP contribution in [-0.2, 0) is 5.41 Å². The molecule has 0 saturated heterocycles. The van der Waals surface area contributed by atoms with Crippen LogP contribution in [0.5, 0.6) is 0 Å². The quantitative estimate of drug-likeness (QED) is 0.323. The Kier molecular flexibility index (Phi) is 9.36. The molecule has 1 heteroatoms. The first-order valence-electron chi connectivity index (χ1n) is 9.81. The van der Waals surface area contributed by atoms with Crippen LogP contribution < -0.4 is 5.73 Å². The molecule has 1 nitrogen and oxygen atoms in total. The van der Waals surface area contributed by atoms with Gasteiger partial charge in [0, 0.05) is 5.69 Å². The summed E-state index contributed by atoms with van der Waals surface area (Å²) in [5, 5.41) is 0. The van der Waals surface area contributed by atoms with Crippen LogP contribution in [0.15, 0.2) is 24.3 Å². The third-order valence-corrected chi connectivity index (χ3v) is 5.39. The summed E-state index contributed by atoms with van der Waals surface area (Å²) in [4.78, 5) is 0. The predicted molar refractivity (Wildman–Crippen MR) is 105 cm³/mol. The van der Waals surface area contributed by atoms with Gasteiger partial charge in [0.15, 0.2) is 0 Å². The normalized spacial score (nSPS) is 13.2. The third kappa shape index (κ3) is 8.44. The lowest BCUT2D eigenvalue weighted by Gasteiger charge is -2.25. The molecule has 1 rings (SSSR count). The van der Waals surface area contributed by atoms with Crippen LogP contribution in [0.3, 0.4) is 0 Å². The minimum atomic E-state index is 0.268. The van der Waals surface area contributed by atoms with Gasteiger partial charge in [-0.25, -0.2) is 0 Å². The second-order valence-corrected chi connectivity index (χ2v) is 8.03. The molecule has 0 spiro atoms. The highest BCUT2D eigenvalue weighted by Crippen LogP contribution is 2.30. The highest BCUT2D eigenvalue weighted by Gasteiger charge is 2.19. The van der Waals surface area contributed by atoms with E-state index in [0.29, 0.717) is 0 Å². The molecule has 23 heavy (non-hydrogen) atoms. The Labute approximate surface area is 145 Å². The van der Waals surface area contributed by atoms with E-state index in [4.69, 9.17) is 5.73 Å². The van der Waals surface area contributed by atoms with Crippen molar-refractivity contribution in [3.63, 3.8) is 0 Å². The van der Waals surface area contributed by atoms with Gasteiger partial charge >= 0.3 is 0 Å². The molecule has 1 unspecified atom stereocenters. The fourth-order valence-electron chi connectivity index (χ4n) is 3.23. The molecular weight excluding hydrogens is 278 g/mol. The molecular formula is C22H39N. The minimum absolute atomic E-state index is 0.268. The van der Waals surface area contributed by atoms with Gasteiger partial charge in [0.1, 0.15) is 0 Å². The second kappa shape index (κ2) is 10.7. The molecule has 0 heterocycles. The van der Waals surface area contributed by atoms with Crippen molar-refractivity contribution in [3.05, 3.63) is 29.8 Å². The van der Waals surface area contributed by atoms with Gasteiger partial charge in [-0.3, -0.25) is 0 Å². The van der Waals surface area contributed by atoms with Crippen LogP contribution in [0.25, 0.3) is 0 Å². The molecule has 0 amide bonds. The largest absolute Gasteiger partial charge is 0.399 e. The van der Waals surface area contributed by atoms with Gasteiger partial charge in [-0.15, -0.1) is 0 Å². The van der Waals surface area contributed by atoms with Crippen LogP contribution in [0, 0.1) is 5.92 Å². The van der Waals surface area contributed by atoms with E-state index in [9.17, 15) is 0 Å². The fraction of sp³-hybridized carbons (Fsp3) is 0.727. The molecule has 1 aromatic carbocycles. The van der Waals surface area contributed by atoms with E-state index in [1.165, 1.54) is 69.8 Å². The number of hydrogen-bond acceptors (Lipinski definition) is 1. The lowest BCUT2D eigenvalue weighted by Crippen LogP contribution is -2.16. The summed E-state index contributed by atoms with van der Waals surface area (Å²) >= 11 is 0. The summed E-state index contributed by atoms with van der Waals surface area (Å²) in [5.74, 6) is 0.922. The average Bonchev–Trinajstić information content (AvgIpc) is 2.53. The number of unbranched alkanes of at least 4 members (excludes halogenated alkanes) is 6. The predicted octanol–water partition coefficient (Wildman–Crippen LogP) is 7.10. The summed E-state index contributed by atoms with van der Waals surface area (Å²) in [6.45, 7) is 9.39. The van der Waals surface area contributed by atoms with Crippen LogP contribution in [0.2, 0.25) is 0 Å². The molecule has 0 saturated carbocycles.